The maximum Gasteiger partial charge on any atom is 0.246 e. The number of hydrogen-bond donors (Lipinski definition) is 0. The standard InChI is InChI=1S/C13H17NOS/c1-2-13(15)14-9-5-3-4-7-11(14)12-8-6-10-16-12/h2,6,8,10-11H,1,3-5,7,9H2. The Kier molecular flexibility index (Phi) is 3.78. The topological polar surface area (TPSA) is 20.3 Å². The minimum Gasteiger partial charge on any atom is -0.331 e. The van der Waals surface area contributed by atoms with Gasteiger partial charge in [-0.25, -0.2) is 0 Å². The van der Waals surface area contributed by atoms with Crippen LogP contribution >= 0.6 is 11.3 Å². The van der Waals surface area contributed by atoms with Crippen molar-refractivity contribution in [2.45, 2.75) is 31.7 Å². The summed E-state index contributed by atoms with van der Waals surface area (Å²) in [6.45, 7) is 4.46. The molecular weight excluding hydrogens is 218 g/mol. The molecule has 0 spiro atoms. The van der Waals surface area contributed by atoms with Gasteiger partial charge in [0.25, 0.3) is 0 Å². The van der Waals surface area contributed by atoms with E-state index in [0.717, 1.165) is 19.4 Å². The molecule has 2 heterocycles. The zero-order valence-corrected chi connectivity index (χ0v) is 10.2. The summed E-state index contributed by atoms with van der Waals surface area (Å²) < 4.78 is 0. The van der Waals surface area contributed by atoms with Gasteiger partial charge in [-0.15, -0.1) is 11.3 Å². The first kappa shape index (κ1) is 11.4. The van der Waals surface area contributed by atoms with Crippen molar-refractivity contribution in [3.63, 3.8) is 0 Å². The zero-order valence-electron chi connectivity index (χ0n) is 9.39. The smallest absolute Gasteiger partial charge is 0.246 e. The second kappa shape index (κ2) is 5.30. The largest absolute Gasteiger partial charge is 0.331 e. The van der Waals surface area contributed by atoms with Crippen LogP contribution in [0, 0.1) is 0 Å². The van der Waals surface area contributed by atoms with Gasteiger partial charge in [0, 0.05) is 11.4 Å². The molecule has 2 nitrogen and oxygen atoms in total. The quantitative estimate of drug-likeness (QED) is 0.720. The maximum absolute atomic E-state index is 11.8. The molecule has 0 bridgehead atoms. The van der Waals surface area contributed by atoms with E-state index in [1.165, 1.54) is 23.8 Å². The van der Waals surface area contributed by atoms with Crippen molar-refractivity contribution in [2.24, 2.45) is 0 Å². The van der Waals surface area contributed by atoms with Gasteiger partial charge in [-0.05, 0) is 30.4 Å². The zero-order chi connectivity index (χ0) is 11.4. The fraction of sp³-hybridized carbons (Fsp3) is 0.462. The van der Waals surface area contributed by atoms with E-state index in [4.69, 9.17) is 0 Å². The predicted molar refractivity (Wildman–Crippen MR) is 67.4 cm³/mol. The second-order valence-electron chi connectivity index (χ2n) is 4.12. The Labute approximate surface area is 101 Å². The summed E-state index contributed by atoms with van der Waals surface area (Å²) in [7, 11) is 0. The first-order valence-corrected chi connectivity index (χ1v) is 6.67. The Morgan fingerprint density at radius 1 is 1.50 bits per heavy atom. The van der Waals surface area contributed by atoms with Gasteiger partial charge in [-0.3, -0.25) is 4.79 Å². The highest BCUT2D eigenvalue weighted by atomic mass is 32.1. The van der Waals surface area contributed by atoms with Crippen LogP contribution in [0.4, 0.5) is 0 Å². The molecule has 1 atom stereocenters. The minimum atomic E-state index is 0.0697. The molecule has 1 amide bonds. The van der Waals surface area contributed by atoms with E-state index >= 15 is 0 Å². The Bertz CT molecular complexity index is 358. The van der Waals surface area contributed by atoms with E-state index in [2.05, 4.69) is 24.1 Å². The van der Waals surface area contributed by atoms with E-state index < -0.39 is 0 Å². The van der Waals surface area contributed by atoms with Gasteiger partial charge >= 0.3 is 0 Å². The Morgan fingerprint density at radius 3 is 3.06 bits per heavy atom. The van der Waals surface area contributed by atoms with Crippen molar-refractivity contribution in [3.05, 3.63) is 35.0 Å². The van der Waals surface area contributed by atoms with Gasteiger partial charge in [0.15, 0.2) is 0 Å². The Morgan fingerprint density at radius 2 is 2.38 bits per heavy atom. The van der Waals surface area contributed by atoms with Crippen molar-refractivity contribution in [1.82, 2.24) is 4.90 Å². The van der Waals surface area contributed by atoms with Crippen molar-refractivity contribution in [1.29, 1.82) is 0 Å². The third-order valence-electron chi connectivity index (χ3n) is 3.08. The van der Waals surface area contributed by atoms with Crippen LogP contribution in [0.15, 0.2) is 30.2 Å². The van der Waals surface area contributed by atoms with Gasteiger partial charge < -0.3 is 4.90 Å². The fourth-order valence-corrected chi connectivity index (χ4v) is 3.14. The molecule has 3 heteroatoms. The van der Waals surface area contributed by atoms with Crippen molar-refractivity contribution in [3.8, 4) is 0 Å². The Hall–Kier alpha value is -1.09. The Balaban J connectivity index is 2.22. The molecule has 1 aromatic rings. The fourth-order valence-electron chi connectivity index (χ4n) is 2.27. The highest BCUT2D eigenvalue weighted by Gasteiger charge is 2.25. The first-order valence-electron chi connectivity index (χ1n) is 5.79. The summed E-state index contributed by atoms with van der Waals surface area (Å²) in [5.41, 5.74) is 0. The molecule has 0 N–H and O–H groups in total. The highest BCUT2D eigenvalue weighted by Crippen LogP contribution is 2.32. The number of carbonyl (C=O) groups excluding carboxylic acids is 1. The van der Waals surface area contributed by atoms with E-state index in [9.17, 15) is 4.79 Å². The molecule has 0 aliphatic carbocycles. The molecular formula is C13H17NOS. The number of thiophene rings is 1. The molecule has 1 aliphatic heterocycles. The van der Waals surface area contributed by atoms with Crippen LogP contribution in [0.1, 0.15) is 36.6 Å². The summed E-state index contributed by atoms with van der Waals surface area (Å²) in [5.74, 6) is 0.0697. The van der Waals surface area contributed by atoms with Crippen LogP contribution in [0.2, 0.25) is 0 Å². The molecule has 1 unspecified atom stereocenters. The number of likely N-dealkylation sites (tertiary alicyclic amines) is 1. The number of amides is 1. The van der Waals surface area contributed by atoms with Gasteiger partial charge in [-0.2, -0.15) is 0 Å². The van der Waals surface area contributed by atoms with Crippen molar-refractivity contribution in [2.75, 3.05) is 6.54 Å². The molecule has 1 saturated heterocycles. The molecule has 0 aromatic carbocycles. The minimum absolute atomic E-state index is 0.0697. The molecule has 1 aliphatic rings. The second-order valence-corrected chi connectivity index (χ2v) is 5.10. The van der Waals surface area contributed by atoms with E-state index in [-0.39, 0.29) is 11.9 Å². The lowest BCUT2D eigenvalue weighted by atomic mass is 10.1. The van der Waals surface area contributed by atoms with Crippen molar-refractivity contribution < 1.29 is 4.79 Å². The summed E-state index contributed by atoms with van der Waals surface area (Å²) in [6, 6.07) is 4.46. The summed E-state index contributed by atoms with van der Waals surface area (Å²) >= 11 is 1.74. The third-order valence-corrected chi connectivity index (χ3v) is 4.06. The molecule has 0 saturated carbocycles. The number of nitrogens with zero attached hydrogens (tertiary/aromatic N) is 1. The third kappa shape index (κ3) is 2.35. The van der Waals surface area contributed by atoms with Crippen molar-refractivity contribution >= 4 is 17.2 Å². The van der Waals surface area contributed by atoms with Crippen LogP contribution in [0.3, 0.4) is 0 Å². The summed E-state index contributed by atoms with van der Waals surface area (Å²) in [4.78, 5) is 15.1. The van der Waals surface area contributed by atoms with Crippen LogP contribution < -0.4 is 0 Å². The lowest BCUT2D eigenvalue weighted by Gasteiger charge is -2.28. The van der Waals surface area contributed by atoms with Crippen LogP contribution in [0.5, 0.6) is 0 Å². The molecule has 86 valence electrons. The number of rotatable bonds is 2. The lowest BCUT2D eigenvalue weighted by molar-refractivity contribution is -0.128. The van der Waals surface area contributed by atoms with Gasteiger partial charge in [0.05, 0.1) is 6.04 Å². The SMILES string of the molecule is C=CC(=O)N1CCCCCC1c1cccs1. The molecule has 0 radical (unpaired) electrons. The average Bonchev–Trinajstić information content (AvgIpc) is 2.72. The molecule has 1 aromatic heterocycles. The molecule has 1 fully saturated rings. The predicted octanol–water partition coefficient (Wildman–Crippen LogP) is 3.38. The summed E-state index contributed by atoms with van der Waals surface area (Å²) in [6.07, 6.45) is 6.07. The maximum atomic E-state index is 11.8. The normalized spacial score (nSPS) is 21.5. The molecule has 16 heavy (non-hydrogen) atoms. The lowest BCUT2D eigenvalue weighted by Crippen LogP contribution is -2.32. The van der Waals surface area contributed by atoms with E-state index in [0.29, 0.717) is 0 Å². The van der Waals surface area contributed by atoms with E-state index in [1.54, 1.807) is 11.3 Å². The number of hydrogen-bond acceptors (Lipinski definition) is 2. The first-order chi connectivity index (χ1) is 7.83. The number of carbonyl (C=O) groups is 1. The average molecular weight is 235 g/mol. The van der Waals surface area contributed by atoms with E-state index in [1.807, 2.05) is 4.90 Å². The van der Waals surface area contributed by atoms with Gasteiger partial charge in [0.2, 0.25) is 5.91 Å². The van der Waals surface area contributed by atoms with Crippen LogP contribution in [-0.2, 0) is 4.79 Å². The monoisotopic (exact) mass is 235 g/mol. The van der Waals surface area contributed by atoms with Gasteiger partial charge in [0.1, 0.15) is 0 Å². The highest BCUT2D eigenvalue weighted by molar-refractivity contribution is 7.10. The van der Waals surface area contributed by atoms with Gasteiger partial charge in [-0.1, -0.05) is 25.5 Å². The molecule has 2 rings (SSSR count). The van der Waals surface area contributed by atoms with Crippen LogP contribution in [-0.4, -0.2) is 17.4 Å². The van der Waals surface area contributed by atoms with Crippen LogP contribution in [0.25, 0.3) is 0 Å². The summed E-state index contributed by atoms with van der Waals surface area (Å²) in [5, 5.41) is 2.08.